The first kappa shape index (κ1) is 34.1. The SMILES string of the molecule is CNc1nc2c(N)ncnc2n1[C@@H]1O[C@H](COP(=O)(O)OP(=O)(O)OC[C@H]2O[C@@H]([n+]3cccc(C(N)=O)c3)[C@H](O)[C@@H]2O)[C@@H](O)[C@H]1O. The highest BCUT2D eigenvalue weighted by molar-refractivity contribution is 7.61. The maximum Gasteiger partial charge on any atom is 0.481 e. The van der Waals surface area contributed by atoms with E-state index in [0.717, 1.165) is 6.33 Å². The van der Waals surface area contributed by atoms with Crippen molar-refractivity contribution in [1.29, 1.82) is 0 Å². The predicted octanol–water partition coefficient (Wildman–Crippen LogP) is -2.97. The van der Waals surface area contributed by atoms with Gasteiger partial charge in [0.15, 0.2) is 41.7 Å². The van der Waals surface area contributed by atoms with Gasteiger partial charge in [0.05, 0.1) is 13.2 Å². The number of hydrogen-bond acceptors (Lipinski definition) is 17. The van der Waals surface area contributed by atoms with E-state index in [1.54, 1.807) is 0 Å². The second-order valence-electron chi connectivity index (χ2n) is 10.1. The van der Waals surface area contributed by atoms with Gasteiger partial charge in [0.25, 0.3) is 12.1 Å². The number of primary amides is 1. The lowest BCUT2D eigenvalue weighted by Gasteiger charge is -2.20. The van der Waals surface area contributed by atoms with Crippen LogP contribution in [-0.2, 0) is 32.0 Å². The van der Waals surface area contributed by atoms with Crippen molar-refractivity contribution in [3.05, 3.63) is 36.4 Å². The zero-order chi connectivity index (χ0) is 33.6. The second kappa shape index (κ2) is 13.1. The number of aromatic nitrogens is 5. The van der Waals surface area contributed by atoms with Crippen LogP contribution in [0, 0.1) is 0 Å². The molecule has 0 aromatic carbocycles. The number of phosphoric acid groups is 2. The van der Waals surface area contributed by atoms with Crippen LogP contribution in [0.15, 0.2) is 30.9 Å². The number of nitrogens with two attached hydrogens (primary N) is 2. The number of carbonyl (C=O) groups excluding carboxylic acids is 1. The van der Waals surface area contributed by atoms with E-state index in [2.05, 4.69) is 24.6 Å². The molecule has 2 unspecified atom stereocenters. The molecular formula is C22H31N8O14P2+. The summed E-state index contributed by atoms with van der Waals surface area (Å²) in [5.74, 6) is -0.611. The number of phosphoric ester groups is 2. The highest BCUT2D eigenvalue weighted by atomic mass is 31.3. The van der Waals surface area contributed by atoms with Gasteiger partial charge in [-0.05, 0) is 6.07 Å². The van der Waals surface area contributed by atoms with Gasteiger partial charge in [0.2, 0.25) is 5.95 Å². The average molecular weight is 693 g/mol. The first-order chi connectivity index (χ1) is 21.6. The van der Waals surface area contributed by atoms with Crippen LogP contribution in [0.2, 0.25) is 0 Å². The fraction of sp³-hybridized carbons (Fsp3) is 0.500. The van der Waals surface area contributed by atoms with Crippen LogP contribution in [0.5, 0.6) is 0 Å². The molecule has 22 nitrogen and oxygen atoms in total. The number of amides is 1. The third kappa shape index (κ3) is 6.89. The maximum atomic E-state index is 12.5. The second-order valence-corrected chi connectivity index (χ2v) is 13.1. The maximum absolute atomic E-state index is 12.5. The number of anilines is 2. The summed E-state index contributed by atoms with van der Waals surface area (Å²) in [6.07, 6.45) is -8.27. The van der Waals surface area contributed by atoms with E-state index in [0.29, 0.717) is 0 Å². The molecule has 0 bridgehead atoms. The highest BCUT2D eigenvalue weighted by Gasteiger charge is 2.50. The van der Waals surface area contributed by atoms with Gasteiger partial charge in [-0.25, -0.2) is 24.1 Å². The standard InChI is InChI=1S/C22H30N8O14P2/c1-25-22-28-12-17(23)26-8-27-19(12)30(22)21-16(34)14(32)11(43-21)7-41-46(38,39)44-45(36,37)40-6-10-13(31)15(33)20(42-10)29-4-2-3-9(5-29)18(24)35/h2-5,8,10-11,13-16,20-21,31-34H,6-7H2,1H3,(H6-,23,24,25,26,27,28,35,36,37,38,39)/p+1/t10-,11-,13-,14-,15-,16-,20-,21-/m1/s1. The summed E-state index contributed by atoms with van der Waals surface area (Å²) in [5, 5.41) is 44.8. The smallest absolute Gasteiger partial charge is 0.387 e. The minimum Gasteiger partial charge on any atom is -0.387 e. The molecule has 24 heteroatoms. The number of hydrogen-bond donors (Lipinski definition) is 9. The van der Waals surface area contributed by atoms with Crippen LogP contribution in [0.25, 0.3) is 11.2 Å². The molecule has 0 radical (unpaired) electrons. The number of ether oxygens (including phenoxy) is 2. The molecule has 2 aliphatic heterocycles. The molecule has 2 fully saturated rings. The molecule has 0 spiro atoms. The fourth-order valence-electron chi connectivity index (χ4n) is 4.85. The number of nitrogens with zero attached hydrogens (tertiary/aromatic N) is 5. The minimum absolute atomic E-state index is 0.0288. The summed E-state index contributed by atoms with van der Waals surface area (Å²) >= 11 is 0. The molecule has 252 valence electrons. The zero-order valence-corrected chi connectivity index (χ0v) is 25.4. The Balaban J connectivity index is 1.18. The Bertz CT molecular complexity index is 1700. The van der Waals surface area contributed by atoms with Gasteiger partial charge in [-0.1, -0.05) is 0 Å². The third-order valence-electron chi connectivity index (χ3n) is 7.07. The summed E-state index contributed by atoms with van der Waals surface area (Å²) in [5.41, 5.74) is 11.5. The molecule has 2 aliphatic rings. The van der Waals surface area contributed by atoms with Gasteiger partial charge >= 0.3 is 15.6 Å². The molecule has 5 rings (SSSR count). The van der Waals surface area contributed by atoms with E-state index in [1.165, 1.54) is 40.7 Å². The number of nitrogens with one attached hydrogen (secondary N) is 1. The third-order valence-corrected chi connectivity index (χ3v) is 9.67. The quantitative estimate of drug-likeness (QED) is 0.0675. The average Bonchev–Trinajstić information content (AvgIpc) is 3.61. The Morgan fingerprint density at radius 2 is 1.67 bits per heavy atom. The number of pyridine rings is 1. The topological polar surface area (TPSA) is 330 Å². The number of carbonyl (C=O) groups is 1. The fourth-order valence-corrected chi connectivity index (χ4v) is 6.94. The molecule has 0 saturated carbocycles. The van der Waals surface area contributed by atoms with Gasteiger partial charge in [-0.2, -0.15) is 8.88 Å². The molecule has 3 aromatic rings. The highest BCUT2D eigenvalue weighted by Crippen LogP contribution is 2.60. The van der Waals surface area contributed by atoms with Crippen LogP contribution in [0.1, 0.15) is 22.8 Å². The summed E-state index contributed by atoms with van der Waals surface area (Å²) in [6, 6.07) is 2.83. The monoisotopic (exact) mass is 693 g/mol. The van der Waals surface area contributed by atoms with Crippen molar-refractivity contribution in [2.45, 2.75) is 49.1 Å². The Kier molecular flexibility index (Phi) is 9.74. The number of fused-ring (bicyclic) bond motifs is 1. The predicted molar refractivity (Wildman–Crippen MR) is 149 cm³/mol. The number of imidazole rings is 1. The lowest BCUT2D eigenvalue weighted by molar-refractivity contribution is -0.765. The van der Waals surface area contributed by atoms with Crippen LogP contribution < -0.4 is 21.4 Å². The lowest BCUT2D eigenvalue weighted by Crippen LogP contribution is -2.46. The number of nitrogen functional groups attached to an aromatic ring is 1. The zero-order valence-electron chi connectivity index (χ0n) is 23.7. The molecule has 0 aliphatic carbocycles. The summed E-state index contributed by atoms with van der Waals surface area (Å²) in [4.78, 5) is 43.8. The molecule has 3 aromatic heterocycles. The largest absolute Gasteiger partial charge is 0.481 e. The van der Waals surface area contributed by atoms with Crippen LogP contribution in [-0.4, -0.2) is 113 Å². The van der Waals surface area contributed by atoms with E-state index >= 15 is 0 Å². The van der Waals surface area contributed by atoms with E-state index < -0.39 is 83.8 Å². The number of aliphatic hydroxyl groups is 4. The molecule has 5 heterocycles. The first-order valence-electron chi connectivity index (χ1n) is 13.3. The van der Waals surface area contributed by atoms with Crippen LogP contribution >= 0.6 is 15.6 Å². The van der Waals surface area contributed by atoms with Gasteiger partial charge in [0, 0.05) is 13.1 Å². The minimum atomic E-state index is -5.40. The molecule has 46 heavy (non-hydrogen) atoms. The summed E-state index contributed by atoms with van der Waals surface area (Å²) in [7, 11) is -9.27. The Hall–Kier alpha value is -3.21. The van der Waals surface area contributed by atoms with Gasteiger partial charge in [0.1, 0.15) is 42.4 Å². The van der Waals surface area contributed by atoms with Crippen molar-refractivity contribution in [3.8, 4) is 0 Å². The summed E-state index contributed by atoms with van der Waals surface area (Å²) < 4.78 is 52.4. The van der Waals surface area contributed by atoms with E-state index in [4.69, 9.17) is 30.0 Å². The summed E-state index contributed by atoms with van der Waals surface area (Å²) in [6.45, 7) is -1.82. The van der Waals surface area contributed by atoms with Gasteiger partial charge < -0.3 is 56.5 Å². The van der Waals surface area contributed by atoms with Crippen LogP contribution in [0.4, 0.5) is 11.8 Å². The van der Waals surface area contributed by atoms with Crippen molar-refractivity contribution in [2.75, 3.05) is 31.3 Å². The molecule has 10 atom stereocenters. The Morgan fingerprint density at radius 3 is 2.30 bits per heavy atom. The Labute approximate surface area is 258 Å². The Morgan fingerprint density at radius 1 is 1.04 bits per heavy atom. The molecule has 1 amide bonds. The van der Waals surface area contributed by atoms with E-state index in [9.17, 15) is 44.1 Å². The lowest BCUT2D eigenvalue weighted by atomic mass is 10.1. The van der Waals surface area contributed by atoms with Crippen molar-refractivity contribution in [2.24, 2.45) is 5.73 Å². The van der Waals surface area contributed by atoms with Crippen LogP contribution in [0.3, 0.4) is 0 Å². The van der Waals surface area contributed by atoms with Gasteiger partial charge in [-0.15, -0.1) is 0 Å². The molecule has 11 N–H and O–H groups in total. The molecular weight excluding hydrogens is 662 g/mol. The van der Waals surface area contributed by atoms with Gasteiger partial charge in [-0.3, -0.25) is 18.4 Å². The van der Waals surface area contributed by atoms with Crippen molar-refractivity contribution < 1.29 is 71.5 Å². The first-order valence-corrected chi connectivity index (χ1v) is 16.3. The normalized spacial score (nSPS) is 30.7. The van der Waals surface area contributed by atoms with Crippen molar-refractivity contribution in [3.63, 3.8) is 0 Å². The number of aliphatic hydroxyl groups excluding tert-OH is 4. The van der Waals surface area contributed by atoms with E-state index in [1.807, 2.05) is 0 Å². The number of rotatable bonds is 12. The van der Waals surface area contributed by atoms with Crippen molar-refractivity contribution in [1.82, 2.24) is 19.5 Å². The van der Waals surface area contributed by atoms with Crippen molar-refractivity contribution >= 4 is 44.5 Å². The molecule has 2 saturated heterocycles. The van der Waals surface area contributed by atoms with E-state index in [-0.39, 0.29) is 28.5 Å².